The van der Waals surface area contributed by atoms with Crippen molar-refractivity contribution in [1.29, 1.82) is 0 Å². The van der Waals surface area contributed by atoms with Crippen LogP contribution in [-0.2, 0) is 0 Å². The number of aryl methyl sites for hydroxylation is 1. The summed E-state index contributed by atoms with van der Waals surface area (Å²) in [7, 11) is 0. The van der Waals surface area contributed by atoms with Gasteiger partial charge in [0.25, 0.3) is 11.8 Å². The van der Waals surface area contributed by atoms with Crippen molar-refractivity contribution in [2.24, 2.45) is 0 Å². The summed E-state index contributed by atoms with van der Waals surface area (Å²) in [4.78, 5) is 30.6. The van der Waals surface area contributed by atoms with Crippen LogP contribution in [-0.4, -0.2) is 34.8 Å². The summed E-state index contributed by atoms with van der Waals surface area (Å²) < 4.78 is 0. The summed E-state index contributed by atoms with van der Waals surface area (Å²) in [5.41, 5.74) is 2.15. The van der Waals surface area contributed by atoms with E-state index >= 15 is 0 Å². The molecule has 0 bridgehead atoms. The highest BCUT2D eigenvalue weighted by molar-refractivity contribution is 6.31. The molecule has 2 rings (SSSR count). The summed E-state index contributed by atoms with van der Waals surface area (Å²) in [5, 5.41) is 3.32. The highest BCUT2D eigenvalue weighted by atomic mass is 35.5. The summed E-state index contributed by atoms with van der Waals surface area (Å²) in [5.74, 6) is -0.495. The Labute approximate surface area is 146 Å². The van der Waals surface area contributed by atoms with E-state index in [2.05, 4.69) is 10.3 Å². The van der Waals surface area contributed by atoms with E-state index in [-0.39, 0.29) is 17.5 Å². The Balaban J connectivity index is 2.23. The van der Waals surface area contributed by atoms with Crippen molar-refractivity contribution < 1.29 is 9.59 Å². The lowest BCUT2D eigenvalue weighted by Gasteiger charge is -2.18. The van der Waals surface area contributed by atoms with Crippen molar-refractivity contribution in [3.05, 3.63) is 58.4 Å². The van der Waals surface area contributed by atoms with E-state index in [0.717, 1.165) is 5.56 Å². The fraction of sp³-hybridized carbons (Fsp3) is 0.278. The topological polar surface area (TPSA) is 62.3 Å². The number of halogens is 1. The Hall–Kier alpha value is -2.40. The van der Waals surface area contributed by atoms with Gasteiger partial charge in [0, 0.05) is 35.6 Å². The minimum absolute atomic E-state index is 0.115. The molecule has 126 valence electrons. The number of anilines is 1. The Morgan fingerprint density at radius 1 is 1.17 bits per heavy atom. The molecule has 2 aromatic rings. The number of aromatic nitrogens is 1. The molecule has 5 nitrogen and oxygen atoms in total. The van der Waals surface area contributed by atoms with E-state index in [9.17, 15) is 9.59 Å². The zero-order valence-corrected chi connectivity index (χ0v) is 14.7. The molecule has 24 heavy (non-hydrogen) atoms. The van der Waals surface area contributed by atoms with E-state index in [0.29, 0.717) is 29.4 Å². The van der Waals surface area contributed by atoms with Crippen LogP contribution in [0.25, 0.3) is 0 Å². The van der Waals surface area contributed by atoms with Gasteiger partial charge in [-0.2, -0.15) is 0 Å². The summed E-state index contributed by atoms with van der Waals surface area (Å²) in [6.45, 7) is 6.93. The van der Waals surface area contributed by atoms with Crippen molar-refractivity contribution in [3.63, 3.8) is 0 Å². The number of nitrogens with zero attached hydrogens (tertiary/aromatic N) is 2. The molecular formula is C18H20ClN3O2. The minimum Gasteiger partial charge on any atom is -0.339 e. The van der Waals surface area contributed by atoms with Crippen LogP contribution in [0.3, 0.4) is 0 Å². The van der Waals surface area contributed by atoms with Crippen LogP contribution < -0.4 is 5.32 Å². The molecule has 0 aliphatic rings. The standard InChI is InChI=1S/C18H20ClN3O2/c1-4-22(5-2)18(24)13-8-9-20-16(10-13)17(23)21-15-11-14(19)7-6-12(15)3/h6-11H,4-5H2,1-3H3,(H,21,23). The molecule has 0 aliphatic heterocycles. The normalized spacial score (nSPS) is 10.3. The fourth-order valence-electron chi connectivity index (χ4n) is 2.30. The van der Waals surface area contributed by atoms with Crippen LogP contribution in [0.2, 0.25) is 5.02 Å². The zero-order valence-electron chi connectivity index (χ0n) is 14.0. The molecule has 6 heteroatoms. The van der Waals surface area contributed by atoms with E-state index in [1.165, 1.54) is 12.3 Å². The van der Waals surface area contributed by atoms with Gasteiger partial charge in [-0.15, -0.1) is 0 Å². The largest absolute Gasteiger partial charge is 0.339 e. The molecule has 0 saturated heterocycles. The molecule has 0 unspecified atom stereocenters. The fourth-order valence-corrected chi connectivity index (χ4v) is 2.47. The maximum atomic E-state index is 12.4. The Bertz CT molecular complexity index is 758. The monoisotopic (exact) mass is 345 g/mol. The number of benzene rings is 1. The van der Waals surface area contributed by atoms with Gasteiger partial charge in [0.05, 0.1) is 0 Å². The summed E-state index contributed by atoms with van der Waals surface area (Å²) in [6.07, 6.45) is 1.47. The first-order valence-corrected chi connectivity index (χ1v) is 8.16. The van der Waals surface area contributed by atoms with Crippen molar-refractivity contribution >= 4 is 29.1 Å². The number of hydrogen-bond acceptors (Lipinski definition) is 3. The number of carbonyl (C=O) groups excluding carboxylic acids is 2. The highest BCUT2D eigenvalue weighted by Crippen LogP contribution is 2.20. The highest BCUT2D eigenvalue weighted by Gasteiger charge is 2.16. The molecule has 1 heterocycles. The number of hydrogen-bond donors (Lipinski definition) is 1. The van der Waals surface area contributed by atoms with Crippen LogP contribution >= 0.6 is 11.6 Å². The van der Waals surface area contributed by atoms with Crippen LogP contribution in [0, 0.1) is 6.92 Å². The van der Waals surface area contributed by atoms with Gasteiger partial charge in [0.15, 0.2) is 0 Å². The second-order valence-electron chi connectivity index (χ2n) is 5.32. The van der Waals surface area contributed by atoms with Crippen molar-refractivity contribution in [1.82, 2.24) is 9.88 Å². The maximum Gasteiger partial charge on any atom is 0.274 e. The molecule has 2 amide bonds. The predicted octanol–water partition coefficient (Wildman–Crippen LogP) is 3.78. The van der Waals surface area contributed by atoms with Gasteiger partial charge in [0.2, 0.25) is 0 Å². The molecule has 1 aromatic heterocycles. The van der Waals surface area contributed by atoms with Crippen LogP contribution in [0.4, 0.5) is 5.69 Å². The van der Waals surface area contributed by atoms with Gasteiger partial charge in [-0.3, -0.25) is 14.6 Å². The number of amides is 2. The van der Waals surface area contributed by atoms with E-state index in [1.807, 2.05) is 26.8 Å². The lowest BCUT2D eigenvalue weighted by atomic mass is 10.1. The van der Waals surface area contributed by atoms with Gasteiger partial charge < -0.3 is 10.2 Å². The van der Waals surface area contributed by atoms with Crippen molar-refractivity contribution in [2.75, 3.05) is 18.4 Å². The summed E-state index contributed by atoms with van der Waals surface area (Å²) >= 11 is 5.96. The quantitative estimate of drug-likeness (QED) is 0.897. The third-order valence-electron chi connectivity index (χ3n) is 3.74. The van der Waals surface area contributed by atoms with E-state index in [1.54, 1.807) is 23.1 Å². The SMILES string of the molecule is CCN(CC)C(=O)c1ccnc(C(=O)Nc2cc(Cl)ccc2C)c1. The summed E-state index contributed by atoms with van der Waals surface area (Å²) in [6, 6.07) is 8.39. The Morgan fingerprint density at radius 2 is 1.88 bits per heavy atom. The van der Waals surface area contributed by atoms with E-state index < -0.39 is 0 Å². The van der Waals surface area contributed by atoms with Crippen molar-refractivity contribution in [3.8, 4) is 0 Å². The molecule has 1 N–H and O–H groups in total. The molecule has 0 atom stereocenters. The third-order valence-corrected chi connectivity index (χ3v) is 3.97. The lowest BCUT2D eigenvalue weighted by molar-refractivity contribution is 0.0773. The molecule has 0 radical (unpaired) electrons. The van der Waals surface area contributed by atoms with E-state index in [4.69, 9.17) is 11.6 Å². The molecule has 0 saturated carbocycles. The van der Waals surface area contributed by atoms with Gasteiger partial charge in [-0.05, 0) is 50.6 Å². The molecule has 1 aromatic carbocycles. The number of nitrogens with one attached hydrogen (secondary N) is 1. The van der Waals surface area contributed by atoms with Crippen LogP contribution in [0.15, 0.2) is 36.5 Å². The second kappa shape index (κ2) is 7.93. The average molecular weight is 346 g/mol. The first-order chi connectivity index (χ1) is 11.5. The number of carbonyl (C=O) groups is 2. The van der Waals surface area contributed by atoms with Gasteiger partial charge in [0.1, 0.15) is 5.69 Å². The Kier molecular flexibility index (Phi) is 5.93. The third kappa shape index (κ3) is 4.11. The average Bonchev–Trinajstić information content (AvgIpc) is 2.59. The van der Waals surface area contributed by atoms with Crippen LogP contribution in [0.1, 0.15) is 40.3 Å². The molecule has 0 aliphatic carbocycles. The smallest absolute Gasteiger partial charge is 0.274 e. The minimum atomic E-state index is -0.380. The maximum absolute atomic E-state index is 12.4. The van der Waals surface area contributed by atoms with Crippen molar-refractivity contribution in [2.45, 2.75) is 20.8 Å². The predicted molar refractivity (Wildman–Crippen MR) is 95.6 cm³/mol. The first kappa shape index (κ1) is 17.9. The van der Waals surface area contributed by atoms with Gasteiger partial charge in [-0.1, -0.05) is 17.7 Å². The number of rotatable bonds is 5. The van der Waals surface area contributed by atoms with Gasteiger partial charge in [-0.25, -0.2) is 0 Å². The molecule has 0 fully saturated rings. The molecule has 0 spiro atoms. The first-order valence-electron chi connectivity index (χ1n) is 7.79. The second-order valence-corrected chi connectivity index (χ2v) is 5.76. The zero-order chi connectivity index (χ0) is 17.7. The Morgan fingerprint density at radius 3 is 2.54 bits per heavy atom. The van der Waals surface area contributed by atoms with Crippen LogP contribution in [0.5, 0.6) is 0 Å². The molecular weight excluding hydrogens is 326 g/mol. The van der Waals surface area contributed by atoms with Gasteiger partial charge >= 0.3 is 0 Å². The number of pyridine rings is 1. The lowest BCUT2D eigenvalue weighted by Crippen LogP contribution is -2.30.